The van der Waals surface area contributed by atoms with Crippen LogP contribution in [0, 0.1) is 12.8 Å². The molecule has 0 bridgehead atoms. The van der Waals surface area contributed by atoms with Crippen molar-refractivity contribution in [3.8, 4) is 0 Å². The third kappa shape index (κ3) is 5.62. The molecule has 1 aliphatic heterocycles. The maximum Gasteiger partial charge on any atom is 0.261 e. The predicted octanol–water partition coefficient (Wildman–Crippen LogP) is 4.78. The summed E-state index contributed by atoms with van der Waals surface area (Å²) in [6.45, 7) is 3.88. The van der Waals surface area contributed by atoms with Gasteiger partial charge in [0.05, 0.1) is 12.1 Å². The summed E-state index contributed by atoms with van der Waals surface area (Å²) in [5.74, 6) is -2.07. The van der Waals surface area contributed by atoms with Gasteiger partial charge in [-0.1, -0.05) is 32.1 Å². The zero-order valence-corrected chi connectivity index (χ0v) is 18.5. The zero-order chi connectivity index (χ0) is 21.8. The highest BCUT2D eigenvalue weighted by Gasteiger charge is 2.37. The van der Waals surface area contributed by atoms with Crippen LogP contribution in [0.25, 0.3) is 10.9 Å². The number of hydrogen-bond donors (Lipinski definition) is 1. The van der Waals surface area contributed by atoms with Crippen LogP contribution in [-0.4, -0.2) is 52.7 Å². The average Bonchev–Trinajstić information content (AvgIpc) is 3.27. The second-order valence-corrected chi connectivity index (χ2v) is 9.37. The molecule has 1 aliphatic carbocycles. The number of aromatic nitrogens is 2. The molecule has 1 N–H and O–H groups in total. The Morgan fingerprint density at radius 2 is 1.94 bits per heavy atom. The lowest BCUT2D eigenvalue weighted by molar-refractivity contribution is 0.0124. The van der Waals surface area contributed by atoms with Crippen LogP contribution in [0.2, 0.25) is 0 Å². The fraction of sp³-hybridized carbons (Fsp3) is 0.667. The minimum absolute atomic E-state index is 0.0957. The van der Waals surface area contributed by atoms with Crippen molar-refractivity contribution in [2.75, 3.05) is 26.2 Å². The second-order valence-electron chi connectivity index (χ2n) is 9.37. The first-order valence-corrected chi connectivity index (χ1v) is 11.8. The lowest BCUT2D eigenvalue weighted by Gasteiger charge is -2.19. The number of likely N-dealkylation sites (tertiary alicyclic amines) is 1. The molecule has 2 heterocycles. The van der Waals surface area contributed by atoms with Gasteiger partial charge in [0.25, 0.3) is 11.8 Å². The van der Waals surface area contributed by atoms with Crippen molar-refractivity contribution in [1.82, 2.24) is 20.0 Å². The van der Waals surface area contributed by atoms with E-state index in [1.165, 1.54) is 44.9 Å². The fourth-order valence-corrected chi connectivity index (χ4v) is 5.03. The van der Waals surface area contributed by atoms with E-state index in [1.54, 1.807) is 4.90 Å². The molecule has 0 unspecified atom stereocenters. The highest BCUT2D eigenvalue weighted by atomic mass is 19.3. The SMILES string of the molecule is Cc1c(C(=O)NCCN2CCC(F)(F)C2)ccc2nn(CC3CCCCCCC3)cc12. The summed E-state index contributed by atoms with van der Waals surface area (Å²) in [4.78, 5) is 14.4. The molecule has 2 aromatic rings. The Morgan fingerprint density at radius 3 is 2.65 bits per heavy atom. The van der Waals surface area contributed by atoms with Crippen molar-refractivity contribution < 1.29 is 13.6 Å². The Balaban J connectivity index is 1.37. The van der Waals surface area contributed by atoms with E-state index in [0.29, 0.717) is 31.1 Å². The molecular weight excluding hydrogens is 398 g/mol. The number of rotatable bonds is 6. The predicted molar refractivity (Wildman–Crippen MR) is 119 cm³/mol. The molecule has 1 saturated carbocycles. The summed E-state index contributed by atoms with van der Waals surface area (Å²) in [6.07, 6.45) is 11.2. The van der Waals surface area contributed by atoms with Crippen LogP contribution in [-0.2, 0) is 6.54 Å². The van der Waals surface area contributed by atoms with Gasteiger partial charge in [-0.2, -0.15) is 5.10 Å². The Hall–Kier alpha value is -2.02. The Bertz CT molecular complexity index is 902. The third-order valence-corrected chi connectivity index (χ3v) is 6.88. The van der Waals surface area contributed by atoms with Crippen molar-refractivity contribution in [3.05, 3.63) is 29.5 Å². The van der Waals surface area contributed by atoms with Crippen molar-refractivity contribution in [2.45, 2.75) is 70.8 Å². The summed E-state index contributed by atoms with van der Waals surface area (Å²) in [5, 5.41) is 8.66. The second kappa shape index (κ2) is 9.63. The van der Waals surface area contributed by atoms with E-state index in [0.717, 1.165) is 23.0 Å². The number of alkyl halides is 2. The van der Waals surface area contributed by atoms with Gasteiger partial charge in [-0.15, -0.1) is 0 Å². The highest BCUT2D eigenvalue weighted by Crippen LogP contribution is 2.27. The maximum atomic E-state index is 13.3. The van der Waals surface area contributed by atoms with Gasteiger partial charge in [-0.3, -0.25) is 14.4 Å². The number of nitrogens with one attached hydrogen (secondary N) is 1. The number of benzene rings is 1. The lowest BCUT2D eigenvalue weighted by atomic mass is 9.91. The van der Waals surface area contributed by atoms with Crippen molar-refractivity contribution in [3.63, 3.8) is 0 Å². The van der Waals surface area contributed by atoms with E-state index in [-0.39, 0.29) is 18.9 Å². The molecule has 0 spiro atoms. The van der Waals surface area contributed by atoms with Gasteiger partial charge in [0, 0.05) is 49.7 Å². The number of carbonyl (C=O) groups is 1. The molecule has 1 aromatic carbocycles. The number of hydrogen-bond acceptors (Lipinski definition) is 3. The summed E-state index contributed by atoms with van der Waals surface area (Å²) in [6, 6.07) is 3.73. The summed E-state index contributed by atoms with van der Waals surface area (Å²) >= 11 is 0. The number of halogens is 2. The Morgan fingerprint density at radius 1 is 1.19 bits per heavy atom. The quantitative estimate of drug-likeness (QED) is 0.715. The van der Waals surface area contributed by atoms with E-state index >= 15 is 0 Å². The van der Waals surface area contributed by atoms with Crippen molar-refractivity contribution >= 4 is 16.8 Å². The number of amides is 1. The number of carbonyl (C=O) groups excluding carboxylic acids is 1. The van der Waals surface area contributed by atoms with Crippen LogP contribution in [0.4, 0.5) is 8.78 Å². The normalized spacial score (nSPS) is 20.6. The molecule has 5 nitrogen and oxygen atoms in total. The van der Waals surface area contributed by atoms with Crippen molar-refractivity contribution in [1.29, 1.82) is 0 Å². The van der Waals surface area contributed by atoms with Gasteiger partial charge in [-0.25, -0.2) is 8.78 Å². The minimum atomic E-state index is -2.60. The summed E-state index contributed by atoms with van der Waals surface area (Å²) in [7, 11) is 0. The monoisotopic (exact) mass is 432 g/mol. The molecule has 2 aliphatic rings. The van der Waals surface area contributed by atoms with Gasteiger partial charge in [-0.05, 0) is 43.4 Å². The molecule has 2 fully saturated rings. The number of nitrogens with zero attached hydrogens (tertiary/aromatic N) is 3. The third-order valence-electron chi connectivity index (χ3n) is 6.88. The first-order chi connectivity index (χ1) is 14.9. The Labute approximate surface area is 183 Å². The first kappa shape index (κ1) is 22.2. The first-order valence-electron chi connectivity index (χ1n) is 11.8. The van der Waals surface area contributed by atoms with E-state index in [2.05, 4.69) is 16.2 Å². The van der Waals surface area contributed by atoms with Crippen LogP contribution < -0.4 is 5.32 Å². The molecule has 31 heavy (non-hydrogen) atoms. The molecule has 170 valence electrons. The van der Waals surface area contributed by atoms with Crippen LogP contribution in [0.15, 0.2) is 18.3 Å². The van der Waals surface area contributed by atoms with Gasteiger partial charge >= 0.3 is 0 Å². The van der Waals surface area contributed by atoms with E-state index in [1.807, 2.05) is 19.1 Å². The smallest absolute Gasteiger partial charge is 0.261 e. The molecule has 0 radical (unpaired) electrons. The molecular formula is C24H34F2N4O. The summed E-state index contributed by atoms with van der Waals surface area (Å²) in [5.41, 5.74) is 2.47. The van der Waals surface area contributed by atoms with E-state index in [9.17, 15) is 13.6 Å². The largest absolute Gasteiger partial charge is 0.351 e. The molecule has 1 amide bonds. The zero-order valence-electron chi connectivity index (χ0n) is 18.5. The van der Waals surface area contributed by atoms with Gasteiger partial charge in [0.15, 0.2) is 0 Å². The van der Waals surface area contributed by atoms with Gasteiger partial charge < -0.3 is 5.32 Å². The maximum absolute atomic E-state index is 13.3. The standard InChI is InChI=1S/C24H34F2N4O/c1-18-20(23(31)27-12-14-29-13-11-24(25,26)17-29)9-10-22-21(18)16-30(28-22)15-19-7-5-3-2-4-6-8-19/h9-10,16,19H,2-8,11-15,17H2,1H3,(H,27,31). The van der Waals surface area contributed by atoms with E-state index < -0.39 is 5.92 Å². The van der Waals surface area contributed by atoms with Crippen LogP contribution in [0.5, 0.6) is 0 Å². The van der Waals surface area contributed by atoms with Gasteiger partial charge in [0.2, 0.25) is 0 Å². The topological polar surface area (TPSA) is 50.2 Å². The van der Waals surface area contributed by atoms with Crippen LogP contribution >= 0.6 is 0 Å². The highest BCUT2D eigenvalue weighted by molar-refractivity contribution is 6.00. The van der Waals surface area contributed by atoms with Crippen LogP contribution in [0.3, 0.4) is 0 Å². The molecule has 7 heteroatoms. The van der Waals surface area contributed by atoms with E-state index in [4.69, 9.17) is 5.10 Å². The molecule has 4 rings (SSSR count). The van der Waals surface area contributed by atoms with Crippen molar-refractivity contribution in [2.24, 2.45) is 5.92 Å². The number of fused-ring (bicyclic) bond motifs is 1. The van der Waals surface area contributed by atoms with Crippen LogP contribution in [0.1, 0.15) is 67.3 Å². The molecule has 0 atom stereocenters. The van der Waals surface area contributed by atoms with Gasteiger partial charge in [0.1, 0.15) is 0 Å². The minimum Gasteiger partial charge on any atom is -0.351 e. The molecule has 1 saturated heterocycles. The lowest BCUT2D eigenvalue weighted by Crippen LogP contribution is -2.35. The fourth-order valence-electron chi connectivity index (χ4n) is 5.03. The molecule has 1 aromatic heterocycles. The average molecular weight is 433 g/mol. The number of aryl methyl sites for hydroxylation is 1. The Kier molecular flexibility index (Phi) is 6.89. The summed E-state index contributed by atoms with van der Waals surface area (Å²) < 4.78 is 28.7.